The standard InChI is InChI=1S/C25H25N3O2/c1-28-23(29)15-19(25(28)30)24-18-10-4-7-12-21(18)27-22(24)13-6-3-9-17-14-16-8-2-5-11-20(16)26-17/h2,4-5,7-8,10-12,14,19,26-27H,3,6,9,13,15H2,1H3. The zero-order valence-corrected chi connectivity index (χ0v) is 17.1. The number of imide groups is 1. The van der Waals surface area contributed by atoms with Crippen molar-refractivity contribution in [1.82, 2.24) is 14.9 Å². The Morgan fingerprint density at radius 1 is 0.933 bits per heavy atom. The number of benzene rings is 2. The summed E-state index contributed by atoms with van der Waals surface area (Å²) < 4.78 is 0. The number of H-pyrrole nitrogens is 2. The topological polar surface area (TPSA) is 69.0 Å². The Balaban J connectivity index is 1.34. The van der Waals surface area contributed by atoms with E-state index < -0.39 is 0 Å². The van der Waals surface area contributed by atoms with E-state index in [9.17, 15) is 9.59 Å². The van der Waals surface area contributed by atoms with Gasteiger partial charge in [0, 0.05) is 41.3 Å². The Hall–Kier alpha value is -3.34. The molecular formula is C25H25N3O2. The number of aryl methyl sites for hydroxylation is 2. The van der Waals surface area contributed by atoms with Crippen LogP contribution in [0.2, 0.25) is 0 Å². The SMILES string of the molecule is CN1C(=O)CC(c2c(CCCCc3cc4ccccc4[nH]3)[nH]c3ccccc23)C1=O. The number of aromatic amines is 2. The molecule has 2 N–H and O–H groups in total. The Kier molecular flexibility index (Phi) is 4.66. The van der Waals surface area contributed by atoms with Gasteiger partial charge in [0.25, 0.3) is 0 Å². The van der Waals surface area contributed by atoms with E-state index in [1.165, 1.54) is 21.5 Å². The Morgan fingerprint density at radius 3 is 2.43 bits per heavy atom. The minimum absolute atomic E-state index is 0.0934. The summed E-state index contributed by atoms with van der Waals surface area (Å²) in [6.07, 6.45) is 4.19. The lowest BCUT2D eigenvalue weighted by molar-refractivity contribution is -0.137. The van der Waals surface area contributed by atoms with Crippen molar-refractivity contribution in [2.24, 2.45) is 0 Å². The fourth-order valence-electron chi connectivity index (χ4n) is 4.68. The summed E-state index contributed by atoms with van der Waals surface area (Å²) in [5, 5.41) is 2.31. The second kappa shape index (κ2) is 7.48. The first-order chi connectivity index (χ1) is 14.6. The van der Waals surface area contributed by atoms with Gasteiger partial charge in [0.15, 0.2) is 0 Å². The van der Waals surface area contributed by atoms with Gasteiger partial charge in [0.1, 0.15) is 0 Å². The molecule has 2 aromatic carbocycles. The first kappa shape index (κ1) is 18.7. The number of para-hydroxylation sites is 2. The average Bonchev–Trinajstić information content (AvgIpc) is 3.40. The fourth-order valence-corrected chi connectivity index (χ4v) is 4.68. The highest BCUT2D eigenvalue weighted by Gasteiger charge is 2.39. The van der Waals surface area contributed by atoms with E-state index in [0.717, 1.165) is 47.8 Å². The van der Waals surface area contributed by atoms with Crippen LogP contribution in [0.15, 0.2) is 54.6 Å². The van der Waals surface area contributed by atoms with E-state index in [0.29, 0.717) is 0 Å². The number of hydrogen-bond acceptors (Lipinski definition) is 2. The molecule has 1 atom stereocenters. The normalized spacial score (nSPS) is 17.0. The van der Waals surface area contributed by atoms with Gasteiger partial charge < -0.3 is 9.97 Å². The van der Waals surface area contributed by atoms with E-state index in [4.69, 9.17) is 0 Å². The molecule has 0 aliphatic carbocycles. The van der Waals surface area contributed by atoms with Crippen molar-refractivity contribution in [2.75, 3.05) is 7.05 Å². The van der Waals surface area contributed by atoms with Crippen LogP contribution in [0, 0.1) is 0 Å². The van der Waals surface area contributed by atoms with Crippen LogP contribution < -0.4 is 0 Å². The van der Waals surface area contributed by atoms with Gasteiger partial charge in [-0.2, -0.15) is 0 Å². The number of carbonyl (C=O) groups is 2. The van der Waals surface area contributed by atoms with Gasteiger partial charge in [-0.3, -0.25) is 14.5 Å². The maximum atomic E-state index is 12.7. The Morgan fingerprint density at radius 2 is 1.67 bits per heavy atom. The second-order valence-electron chi connectivity index (χ2n) is 8.20. The Labute approximate surface area is 175 Å². The van der Waals surface area contributed by atoms with Crippen LogP contribution >= 0.6 is 0 Å². The highest BCUT2D eigenvalue weighted by molar-refractivity contribution is 6.08. The minimum Gasteiger partial charge on any atom is -0.358 e. The quantitative estimate of drug-likeness (QED) is 0.365. The number of hydrogen-bond donors (Lipinski definition) is 2. The summed E-state index contributed by atoms with van der Waals surface area (Å²) in [5.74, 6) is -0.563. The van der Waals surface area contributed by atoms with Crippen LogP contribution in [0.1, 0.15) is 42.1 Å². The zero-order valence-electron chi connectivity index (χ0n) is 17.1. The molecule has 152 valence electrons. The molecule has 5 rings (SSSR count). The van der Waals surface area contributed by atoms with Crippen molar-refractivity contribution >= 4 is 33.6 Å². The number of likely N-dealkylation sites (tertiary alicyclic amines) is 1. The fraction of sp³-hybridized carbons (Fsp3) is 0.280. The van der Waals surface area contributed by atoms with Crippen LogP contribution in [0.5, 0.6) is 0 Å². The molecule has 0 saturated carbocycles. The lowest BCUT2D eigenvalue weighted by Crippen LogP contribution is -2.25. The van der Waals surface area contributed by atoms with E-state index >= 15 is 0 Å². The van der Waals surface area contributed by atoms with Crippen LogP contribution in [-0.2, 0) is 22.4 Å². The lowest BCUT2D eigenvalue weighted by atomic mass is 9.92. The number of fused-ring (bicyclic) bond motifs is 2. The van der Waals surface area contributed by atoms with Gasteiger partial charge in [0.05, 0.1) is 5.92 Å². The first-order valence-corrected chi connectivity index (χ1v) is 10.6. The largest absolute Gasteiger partial charge is 0.358 e. The molecule has 1 unspecified atom stereocenters. The van der Waals surface area contributed by atoms with Gasteiger partial charge >= 0.3 is 0 Å². The molecule has 5 nitrogen and oxygen atoms in total. The molecule has 0 radical (unpaired) electrons. The summed E-state index contributed by atoms with van der Waals surface area (Å²) >= 11 is 0. The molecule has 2 amide bonds. The van der Waals surface area contributed by atoms with Crippen LogP contribution in [0.25, 0.3) is 21.8 Å². The van der Waals surface area contributed by atoms with E-state index in [1.54, 1.807) is 7.05 Å². The highest BCUT2D eigenvalue weighted by Crippen LogP contribution is 2.37. The molecule has 1 aliphatic heterocycles. The van der Waals surface area contributed by atoms with E-state index in [1.807, 2.05) is 30.3 Å². The van der Waals surface area contributed by atoms with Gasteiger partial charge in [-0.25, -0.2) is 0 Å². The van der Waals surface area contributed by atoms with Crippen molar-refractivity contribution in [3.8, 4) is 0 Å². The van der Waals surface area contributed by atoms with Crippen molar-refractivity contribution < 1.29 is 9.59 Å². The number of likely N-dealkylation sites (N-methyl/N-ethyl adjacent to an activating group) is 1. The number of aromatic nitrogens is 2. The summed E-state index contributed by atoms with van der Waals surface area (Å²) in [7, 11) is 1.58. The first-order valence-electron chi connectivity index (χ1n) is 10.6. The zero-order chi connectivity index (χ0) is 20.7. The maximum Gasteiger partial charge on any atom is 0.237 e. The number of unbranched alkanes of at least 4 members (excludes halogenated alkanes) is 1. The average molecular weight is 399 g/mol. The third-order valence-corrected chi connectivity index (χ3v) is 6.27. The highest BCUT2D eigenvalue weighted by atomic mass is 16.2. The van der Waals surface area contributed by atoms with Gasteiger partial charge in [-0.15, -0.1) is 0 Å². The lowest BCUT2D eigenvalue weighted by Gasteiger charge is -2.11. The molecule has 30 heavy (non-hydrogen) atoms. The third-order valence-electron chi connectivity index (χ3n) is 6.27. The molecule has 0 spiro atoms. The smallest absolute Gasteiger partial charge is 0.237 e. The number of nitrogens with one attached hydrogen (secondary N) is 2. The molecule has 5 heteroatoms. The van der Waals surface area contributed by atoms with E-state index in [-0.39, 0.29) is 24.2 Å². The van der Waals surface area contributed by atoms with Crippen LogP contribution in [0.3, 0.4) is 0 Å². The van der Waals surface area contributed by atoms with Gasteiger partial charge in [-0.1, -0.05) is 36.4 Å². The summed E-state index contributed by atoms with van der Waals surface area (Å²) in [6.45, 7) is 0. The number of amides is 2. The van der Waals surface area contributed by atoms with Crippen molar-refractivity contribution in [1.29, 1.82) is 0 Å². The summed E-state index contributed by atoms with van der Waals surface area (Å²) in [4.78, 5) is 33.1. The van der Waals surface area contributed by atoms with Crippen LogP contribution in [0.4, 0.5) is 0 Å². The molecule has 1 saturated heterocycles. The Bertz CT molecular complexity index is 1220. The van der Waals surface area contributed by atoms with Crippen molar-refractivity contribution in [2.45, 2.75) is 38.0 Å². The molecular weight excluding hydrogens is 374 g/mol. The predicted molar refractivity (Wildman–Crippen MR) is 118 cm³/mol. The molecule has 4 aromatic rings. The summed E-state index contributed by atoms with van der Waals surface area (Å²) in [6, 6.07) is 18.6. The van der Waals surface area contributed by atoms with Crippen molar-refractivity contribution in [3.63, 3.8) is 0 Å². The predicted octanol–water partition coefficient (Wildman–Crippen LogP) is 4.69. The molecule has 1 aliphatic rings. The second-order valence-corrected chi connectivity index (χ2v) is 8.20. The maximum absolute atomic E-state index is 12.7. The van der Waals surface area contributed by atoms with Gasteiger partial charge in [0.2, 0.25) is 11.8 Å². The molecule has 2 aromatic heterocycles. The minimum atomic E-state index is -0.373. The number of nitrogens with zero attached hydrogens (tertiary/aromatic N) is 1. The van der Waals surface area contributed by atoms with Crippen LogP contribution in [-0.4, -0.2) is 33.7 Å². The number of carbonyl (C=O) groups excluding carboxylic acids is 2. The number of rotatable bonds is 6. The summed E-state index contributed by atoms with van der Waals surface area (Å²) in [5.41, 5.74) is 5.58. The molecule has 0 bridgehead atoms. The van der Waals surface area contributed by atoms with Crippen molar-refractivity contribution in [3.05, 3.63) is 71.5 Å². The van der Waals surface area contributed by atoms with E-state index in [2.05, 4.69) is 34.2 Å². The molecule has 3 heterocycles. The monoisotopic (exact) mass is 399 g/mol. The third kappa shape index (κ3) is 3.20. The van der Waals surface area contributed by atoms with Gasteiger partial charge in [-0.05, 0) is 54.8 Å². The molecule has 1 fully saturated rings.